The molecule has 8 heavy (non-hydrogen) atoms. The summed E-state index contributed by atoms with van der Waals surface area (Å²) in [5, 5.41) is 7.48. The van der Waals surface area contributed by atoms with Crippen molar-refractivity contribution < 1.29 is 14.7 Å². The third-order valence-electron chi connectivity index (χ3n) is 0.419. The predicted octanol–water partition coefficient (Wildman–Crippen LogP) is 0.393. The highest BCUT2D eigenvalue weighted by Crippen LogP contribution is 1.97. The van der Waals surface area contributed by atoms with Crippen molar-refractivity contribution in [2.45, 2.75) is 0 Å². The van der Waals surface area contributed by atoms with Gasteiger partial charge >= 0.3 is 5.97 Å². The molecule has 0 heterocycles. The molecule has 0 unspecified atom stereocenters. The fraction of sp³-hybridized carbons (Fsp3) is 0. The number of aliphatic carboxylic acids is 1. The van der Waals surface area contributed by atoms with E-state index < -0.39 is 11.0 Å². The van der Waals surface area contributed by atoms with Crippen LogP contribution in [0.3, 0.4) is 0 Å². The summed E-state index contributed by atoms with van der Waals surface area (Å²) in [6.07, 6.45) is 1.08. The van der Waals surface area contributed by atoms with Crippen LogP contribution in [-0.2, 0) is 9.59 Å². The third-order valence-corrected chi connectivity index (χ3v) is 0.706. The maximum atomic E-state index is 9.73. The summed E-state index contributed by atoms with van der Waals surface area (Å²) in [5.74, 6) is -1.29. The van der Waals surface area contributed by atoms with Crippen molar-refractivity contribution in [2.24, 2.45) is 0 Å². The van der Waals surface area contributed by atoms with Crippen molar-refractivity contribution in [2.75, 3.05) is 0 Å². The molecule has 1 N–H and O–H groups in total. The van der Waals surface area contributed by atoms with Crippen LogP contribution >= 0.6 is 11.6 Å². The number of carbonyl (C=O) groups is 2. The molecular weight excluding hydrogens is 131 g/mol. The normalized spacial score (nSPS) is 10.9. The van der Waals surface area contributed by atoms with Crippen LogP contribution in [0.4, 0.5) is 0 Å². The van der Waals surface area contributed by atoms with E-state index >= 15 is 0 Å². The first-order valence-corrected chi connectivity index (χ1v) is 2.10. The van der Waals surface area contributed by atoms with Crippen LogP contribution in [0.1, 0.15) is 0 Å². The van der Waals surface area contributed by atoms with Crippen LogP contribution in [0.5, 0.6) is 0 Å². The van der Waals surface area contributed by atoms with Gasteiger partial charge in [-0.3, -0.25) is 4.79 Å². The van der Waals surface area contributed by atoms with Crippen molar-refractivity contribution >= 4 is 23.9 Å². The second-order valence-corrected chi connectivity index (χ2v) is 1.36. The van der Waals surface area contributed by atoms with Gasteiger partial charge in [-0.1, -0.05) is 11.6 Å². The highest BCUT2D eigenvalue weighted by atomic mass is 35.5. The van der Waals surface area contributed by atoms with Crippen LogP contribution in [0.15, 0.2) is 11.1 Å². The molecule has 0 spiro atoms. The number of aldehydes is 1. The Morgan fingerprint density at radius 2 is 2.12 bits per heavy atom. The van der Waals surface area contributed by atoms with E-state index in [-0.39, 0.29) is 0 Å². The minimum atomic E-state index is -1.29. The summed E-state index contributed by atoms with van der Waals surface area (Å²) in [5.41, 5.74) is 0. The van der Waals surface area contributed by atoms with Crippen LogP contribution in [0, 0.1) is 0 Å². The van der Waals surface area contributed by atoms with Crippen molar-refractivity contribution in [3.05, 3.63) is 11.1 Å². The Morgan fingerprint density at radius 3 is 2.25 bits per heavy atom. The highest BCUT2D eigenvalue weighted by Gasteiger charge is 1.98. The molecule has 0 amide bonds. The van der Waals surface area contributed by atoms with Crippen LogP contribution < -0.4 is 0 Å². The van der Waals surface area contributed by atoms with Gasteiger partial charge < -0.3 is 5.11 Å². The van der Waals surface area contributed by atoms with Gasteiger partial charge in [0.15, 0.2) is 0 Å². The number of carboxylic acids is 1. The molecule has 0 saturated heterocycles. The summed E-state index contributed by atoms with van der Waals surface area (Å²) >= 11 is 4.95. The molecule has 0 saturated carbocycles. The summed E-state index contributed by atoms with van der Waals surface area (Å²) in [6.45, 7) is 0. The molecule has 4 heteroatoms. The van der Waals surface area contributed by atoms with Crippen molar-refractivity contribution in [1.82, 2.24) is 0 Å². The van der Waals surface area contributed by atoms with Gasteiger partial charge in [0.2, 0.25) is 0 Å². The monoisotopic (exact) mass is 134 g/mol. The lowest BCUT2D eigenvalue weighted by atomic mass is 10.5. The van der Waals surface area contributed by atoms with E-state index in [1.165, 1.54) is 0 Å². The molecule has 0 atom stereocenters. The van der Waals surface area contributed by atoms with E-state index in [1.807, 2.05) is 0 Å². The molecule has 0 aromatic carbocycles. The Bertz CT molecular complexity index is 138. The van der Waals surface area contributed by atoms with E-state index in [0.29, 0.717) is 6.29 Å². The van der Waals surface area contributed by atoms with Gasteiger partial charge in [0.1, 0.15) is 11.3 Å². The largest absolute Gasteiger partial charge is 0.477 e. The number of halogens is 1. The second-order valence-electron chi connectivity index (χ2n) is 0.956. The molecule has 0 bridgehead atoms. The van der Waals surface area contributed by atoms with E-state index in [4.69, 9.17) is 16.7 Å². The van der Waals surface area contributed by atoms with E-state index in [0.717, 1.165) is 6.08 Å². The number of allylic oxidation sites excluding steroid dienone is 1. The minimum absolute atomic E-state index is 0.316. The number of carbonyl (C=O) groups excluding carboxylic acids is 1. The summed E-state index contributed by atoms with van der Waals surface area (Å²) < 4.78 is 0. The Kier molecular flexibility index (Phi) is 2.88. The third kappa shape index (κ3) is 2.36. The fourth-order valence-electron chi connectivity index (χ4n) is 0.131. The lowest BCUT2D eigenvalue weighted by molar-refractivity contribution is -0.132. The number of rotatable bonds is 2. The molecule has 3 nitrogen and oxygen atoms in total. The lowest BCUT2D eigenvalue weighted by Crippen LogP contribution is -1.92. The minimum Gasteiger partial charge on any atom is -0.477 e. The van der Waals surface area contributed by atoms with Crippen LogP contribution in [-0.4, -0.2) is 17.4 Å². The van der Waals surface area contributed by atoms with Gasteiger partial charge in [-0.05, 0) is 0 Å². The number of carboxylic acid groups (broad SMARTS) is 1. The zero-order chi connectivity index (χ0) is 6.57. The van der Waals surface area contributed by atoms with E-state index in [1.54, 1.807) is 0 Å². The maximum absolute atomic E-state index is 9.73. The Hall–Kier alpha value is -0.830. The topological polar surface area (TPSA) is 54.4 Å². The average molecular weight is 135 g/mol. The van der Waals surface area contributed by atoms with Gasteiger partial charge in [-0.2, -0.15) is 0 Å². The van der Waals surface area contributed by atoms with Gasteiger partial charge in [0.25, 0.3) is 0 Å². The fourth-order valence-corrected chi connectivity index (χ4v) is 0.182. The zero-order valence-electron chi connectivity index (χ0n) is 3.80. The standard InChI is InChI=1S/C4H3ClO3/c5-3(1-2-6)4(7)8/h1-2H,(H,7,8)/b3-1-. The lowest BCUT2D eigenvalue weighted by Gasteiger charge is -1.80. The quantitative estimate of drug-likeness (QED) is 0.439. The molecule has 0 radical (unpaired) electrons. The van der Waals surface area contributed by atoms with E-state index in [2.05, 4.69) is 0 Å². The first-order valence-electron chi connectivity index (χ1n) is 1.72. The van der Waals surface area contributed by atoms with Crippen molar-refractivity contribution in [3.8, 4) is 0 Å². The van der Waals surface area contributed by atoms with Gasteiger partial charge in [0.05, 0.1) is 0 Å². The first kappa shape index (κ1) is 7.17. The Labute approximate surface area is 50.6 Å². The van der Waals surface area contributed by atoms with Crippen molar-refractivity contribution in [3.63, 3.8) is 0 Å². The zero-order valence-corrected chi connectivity index (χ0v) is 4.55. The number of hydrogen-bond acceptors (Lipinski definition) is 2. The van der Waals surface area contributed by atoms with Crippen molar-refractivity contribution in [1.29, 1.82) is 0 Å². The van der Waals surface area contributed by atoms with E-state index in [9.17, 15) is 9.59 Å². The maximum Gasteiger partial charge on any atom is 0.347 e. The molecule has 0 rings (SSSR count). The molecule has 0 aliphatic carbocycles. The smallest absolute Gasteiger partial charge is 0.347 e. The predicted molar refractivity (Wildman–Crippen MR) is 27.6 cm³/mol. The van der Waals surface area contributed by atoms with Gasteiger partial charge in [-0.15, -0.1) is 0 Å². The molecule has 0 fully saturated rings. The first-order chi connectivity index (χ1) is 3.68. The second kappa shape index (κ2) is 3.21. The molecular formula is C4H3ClO3. The Morgan fingerprint density at radius 1 is 1.62 bits per heavy atom. The molecule has 0 aliphatic heterocycles. The van der Waals surface area contributed by atoms with Gasteiger partial charge in [-0.25, -0.2) is 4.79 Å². The SMILES string of the molecule is O=C/C=C(\Cl)C(=O)O. The van der Waals surface area contributed by atoms with Gasteiger partial charge in [0, 0.05) is 6.08 Å². The molecule has 0 aliphatic rings. The van der Waals surface area contributed by atoms with Crippen LogP contribution in [0.25, 0.3) is 0 Å². The van der Waals surface area contributed by atoms with Crippen LogP contribution in [0.2, 0.25) is 0 Å². The Balaban J connectivity index is 3.99. The molecule has 0 aromatic heterocycles. The number of hydrogen-bond donors (Lipinski definition) is 1. The summed E-state index contributed by atoms with van der Waals surface area (Å²) in [7, 11) is 0. The molecule has 44 valence electrons. The summed E-state index contributed by atoms with van der Waals surface area (Å²) in [4.78, 5) is 19.2. The highest BCUT2D eigenvalue weighted by molar-refractivity contribution is 6.41. The summed E-state index contributed by atoms with van der Waals surface area (Å²) in [6, 6.07) is 0. The average Bonchev–Trinajstić information content (AvgIpc) is 1.67. The molecule has 0 aromatic rings.